The fourth-order valence-electron chi connectivity index (χ4n) is 1.92. The number of ketones is 1. The Kier molecular flexibility index (Phi) is 3.31. The summed E-state index contributed by atoms with van der Waals surface area (Å²) in [5.41, 5.74) is 2.43. The molecule has 4 heteroatoms. The highest BCUT2D eigenvalue weighted by molar-refractivity contribution is 7.22. The summed E-state index contributed by atoms with van der Waals surface area (Å²) in [6.07, 6.45) is 1.32. The number of hydrogen-bond donors (Lipinski definition) is 1. The molecular formula is C16H12N2OS. The number of aromatic nitrogens is 1. The number of thiazole rings is 1. The summed E-state index contributed by atoms with van der Waals surface area (Å²) in [5.74, 6) is -0.0852. The van der Waals surface area contributed by atoms with Gasteiger partial charge in [0.15, 0.2) is 10.9 Å². The van der Waals surface area contributed by atoms with Crippen molar-refractivity contribution in [3.63, 3.8) is 0 Å². The molecular weight excluding hydrogens is 268 g/mol. The third kappa shape index (κ3) is 2.46. The van der Waals surface area contributed by atoms with E-state index in [1.165, 1.54) is 6.08 Å². The number of carbonyl (C=O) groups excluding carboxylic acids is 1. The maximum atomic E-state index is 11.6. The number of fused-ring (bicyclic) bond motifs is 1. The van der Waals surface area contributed by atoms with E-state index in [1.807, 2.05) is 36.4 Å². The number of allylic oxidation sites excluding steroid dienone is 1. The van der Waals surface area contributed by atoms with Gasteiger partial charge in [-0.25, -0.2) is 4.98 Å². The highest BCUT2D eigenvalue weighted by Crippen LogP contribution is 2.28. The van der Waals surface area contributed by atoms with E-state index in [9.17, 15) is 4.79 Å². The molecule has 3 rings (SSSR count). The van der Waals surface area contributed by atoms with Crippen LogP contribution in [0.3, 0.4) is 0 Å². The number of nitrogens with zero attached hydrogens (tertiary/aromatic N) is 1. The van der Waals surface area contributed by atoms with Crippen LogP contribution in [0.15, 0.2) is 61.2 Å². The van der Waals surface area contributed by atoms with Crippen LogP contribution in [0.25, 0.3) is 10.2 Å². The zero-order valence-corrected chi connectivity index (χ0v) is 11.5. The molecule has 3 nitrogen and oxygen atoms in total. The third-order valence-corrected chi connectivity index (χ3v) is 3.83. The summed E-state index contributed by atoms with van der Waals surface area (Å²) in [5, 5.41) is 4.05. The van der Waals surface area contributed by atoms with Gasteiger partial charge in [0.2, 0.25) is 0 Å². The molecule has 0 fully saturated rings. The number of nitrogens with one attached hydrogen (secondary N) is 1. The lowest BCUT2D eigenvalue weighted by Crippen LogP contribution is -1.95. The average molecular weight is 280 g/mol. The van der Waals surface area contributed by atoms with Gasteiger partial charge >= 0.3 is 0 Å². The van der Waals surface area contributed by atoms with Crippen molar-refractivity contribution in [2.45, 2.75) is 0 Å². The van der Waals surface area contributed by atoms with Crippen molar-refractivity contribution in [2.75, 3.05) is 5.32 Å². The number of rotatable bonds is 4. The van der Waals surface area contributed by atoms with Crippen molar-refractivity contribution >= 4 is 38.2 Å². The smallest absolute Gasteiger partial charge is 0.188 e. The minimum absolute atomic E-state index is 0.0852. The lowest BCUT2D eigenvalue weighted by molar-refractivity contribution is 0.104. The molecule has 20 heavy (non-hydrogen) atoms. The van der Waals surface area contributed by atoms with Crippen molar-refractivity contribution < 1.29 is 4.79 Å². The first-order valence-electron chi connectivity index (χ1n) is 6.16. The second-order valence-corrected chi connectivity index (χ2v) is 5.29. The van der Waals surface area contributed by atoms with E-state index in [-0.39, 0.29) is 5.78 Å². The summed E-state index contributed by atoms with van der Waals surface area (Å²) in [6, 6.07) is 15.3. The zero-order valence-electron chi connectivity index (χ0n) is 10.7. The molecule has 1 N–H and O–H groups in total. The monoisotopic (exact) mass is 280 g/mol. The minimum Gasteiger partial charge on any atom is -0.332 e. The van der Waals surface area contributed by atoms with Crippen LogP contribution in [-0.4, -0.2) is 10.8 Å². The Labute approximate surface area is 120 Å². The van der Waals surface area contributed by atoms with Crippen LogP contribution in [-0.2, 0) is 0 Å². The lowest BCUT2D eigenvalue weighted by Gasteiger charge is -2.03. The molecule has 0 aliphatic heterocycles. The molecule has 0 atom stereocenters. The molecule has 0 amide bonds. The van der Waals surface area contributed by atoms with Gasteiger partial charge in [-0.2, -0.15) is 0 Å². The highest BCUT2D eigenvalue weighted by Gasteiger charge is 2.05. The van der Waals surface area contributed by atoms with Crippen molar-refractivity contribution in [1.82, 2.24) is 4.98 Å². The summed E-state index contributed by atoms with van der Waals surface area (Å²) in [7, 11) is 0. The van der Waals surface area contributed by atoms with Gasteiger partial charge in [0, 0.05) is 11.3 Å². The van der Waals surface area contributed by atoms with Crippen LogP contribution in [0.2, 0.25) is 0 Å². The molecule has 1 heterocycles. The van der Waals surface area contributed by atoms with E-state index in [0.717, 1.165) is 21.0 Å². The predicted octanol–water partition coefficient (Wildman–Crippen LogP) is 4.41. The number of benzene rings is 2. The zero-order chi connectivity index (χ0) is 13.9. The fourth-order valence-corrected chi connectivity index (χ4v) is 2.80. The molecule has 0 unspecified atom stereocenters. The summed E-state index contributed by atoms with van der Waals surface area (Å²) < 4.78 is 1.13. The molecule has 0 radical (unpaired) electrons. The number of hydrogen-bond acceptors (Lipinski definition) is 4. The van der Waals surface area contributed by atoms with Crippen molar-refractivity contribution in [3.05, 3.63) is 66.7 Å². The van der Waals surface area contributed by atoms with Gasteiger partial charge in [-0.3, -0.25) is 4.79 Å². The SMILES string of the molecule is C=CC(=O)c1cccc(Nc2nc3ccccc3s2)c1. The Morgan fingerprint density at radius 2 is 2.05 bits per heavy atom. The fraction of sp³-hybridized carbons (Fsp3) is 0. The normalized spacial score (nSPS) is 10.4. The van der Waals surface area contributed by atoms with Crippen molar-refractivity contribution in [1.29, 1.82) is 0 Å². The summed E-state index contributed by atoms with van der Waals surface area (Å²) >= 11 is 1.58. The average Bonchev–Trinajstić information content (AvgIpc) is 2.88. The Bertz CT molecular complexity index is 759. The van der Waals surface area contributed by atoms with Gasteiger partial charge in [-0.15, -0.1) is 0 Å². The summed E-state index contributed by atoms with van der Waals surface area (Å²) in [4.78, 5) is 16.1. The van der Waals surface area contributed by atoms with Gasteiger partial charge in [0.25, 0.3) is 0 Å². The maximum Gasteiger partial charge on any atom is 0.188 e. The van der Waals surface area contributed by atoms with E-state index in [2.05, 4.69) is 16.9 Å². The second-order valence-electron chi connectivity index (χ2n) is 4.26. The largest absolute Gasteiger partial charge is 0.332 e. The first kappa shape index (κ1) is 12.6. The van der Waals surface area contributed by atoms with E-state index in [1.54, 1.807) is 23.5 Å². The van der Waals surface area contributed by atoms with Crippen LogP contribution in [0.5, 0.6) is 0 Å². The van der Waals surface area contributed by atoms with Gasteiger partial charge in [-0.1, -0.05) is 42.2 Å². The lowest BCUT2D eigenvalue weighted by atomic mass is 10.1. The first-order chi connectivity index (χ1) is 9.76. The molecule has 98 valence electrons. The number of para-hydroxylation sites is 1. The third-order valence-electron chi connectivity index (χ3n) is 2.88. The molecule has 0 aliphatic carbocycles. The topological polar surface area (TPSA) is 42.0 Å². The molecule has 0 aliphatic rings. The van der Waals surface area contributed by atoms with Crippen molar-refractivity contribution in [3.8, 4) is 0 Å². The number of carbonyl (C=O) groups is 1. The Hall–Kier alpha value is -2.46. The van der Waals surface area contributed by atoms with Crippen LogP contribution < -0.4 is 5.32 Å². The van der Waals surface area contributed by atoms with Gasteiger partial charge in [0.1, 0.15) is 0 Å². The first-order valence-corrected chi connectivity index (χ1v) is 6.97. The molecule has 3 aromatic rings. The van der Waals surface area contributed by atoms with Crippen LogP contribution in [0.4, 0.5) is 10.8 Å². The number of anilines is 2. The quantitative estimate of drug-likeness (QED) is 0.568. The Balaban J connectivity index is 1.90. The molecule has 2 aromatic carbocycles. The van der Waals surface area contributed by atoms with Crippen LogP contribution in [0, 0.1) is 0 Å². The van der Waals surface area contributed by atoms with Crippen molar-refractivity contribution in [2.24, 2.45) is 0 Å². The summed E-state index contributed by atoms with van der Waals surface area (Å²) in [6.45, 7) is 3.50. The molecule has 0 bridgehead atoms. The minimum atomic E-state index is -0.0852. The van der Waals surface area contributed by atoms with Gasteiger partial charge in [-0.05, 0) is 30.3 Å². The van der Waals surface area contributed by atoms with Gasteiger partial charge in [0.05, 0.1) is 10.2 Å². The standard InChI is InChI=1S/C16H12N2OS/c1-2-14(19)11-6-5-7-12(10-11)17-16-18-13-8-3-4-9-15(13)20-16/h2-10H,1H2,(H,17,18). The van der Waals surface area contributed by atoms with E-state index >= 15 is 0 Å². The van der Waals surface area contributed by atoms with Crippen LogP contribution in [0.1, 0.15) is 10.4 Å². The van der Waals surface area contributed by atoms with E-state index in [0.29, 0.717) is 5.56 Å². The Morgan fingerprint density at radius 3 is 2.85 bits per heavy atom. The van der Waals surface area contributed by atoms with E-state index < -0.39 is 0 Å². The van der Waals surface area contributed by atoms with Crippen LogP contribution >= 0.6 is 11.3 Å². The predicted molar refractivity (Wildman–Crippen MR) is 83.9 cm³/mol. The van der Waals surface area contributed by atoms with Gasteiger partial charge < -0.3 is 5.32 Å². The second kappa shape index (κ2) is 5.27. The molecule has 0 spiro atoms. The Morgan fingerprint density at radius 1 is 1.20 bits per heavy atom. The van der Waals surface area contributed by atoms with E-state index in [4.69, 9.17) is 0 Å². The highest BCUT2D eigenvalue weighted by atomic mass is 32.1. The molecule has 0 saturated heterocycles. The molecule has 1 aromatic heterocycles. The molecule has 0 saturated carbocycles. The maximum absolute atomic E-state index is 11.6.